The molecular weight excluding hydrogens is 268 g/mol. The van der Waals surface area contributed by atoms with E-state index in [2.05, 4.69) is 10.4 Å². The average Bonchev–Trinajstić information content (AvgIpc) is 3.03. The number of nitrogens with zero attached hydrogens (tertiary/aromatic N) is 1. The zero-order chi connectivity index (χ0) is 14.9. The lowest BCUT2D eigenvalue weighted by atomic mass is 10.1. The summed E-state index contributed by atoms with van der Waals surface area (Å²) in [4.78, 5) is 19.2. The second-order valence-corrected chi connectivity index (χ2v) is 5.27. The van der Waals surface area contributed by atoms with Crippen molar-refractivity contribution in [2.45, 2.75) is 25.7 Å². The summed E-state index contributed by atoms with van der Waals surface area (Å²) in [5.41, 5.74) is 3.62. The molecule has 1 saturated heterocycles. The molecule has 1 heterocycles. The molecule has 1 N–H and O–H groups in total. The minimum atomic E-state index is -0.0766. The van der Waals surface area contributed by atoms with E-state index >= 15 is 0 Å². The van der Waals surface area contributed by atoms with Gasteiger partial charge in [-0.05, 0) is 50.0 Å². The number of hydroxylamine groups is 1. The second-order valence-electron chi connectivity index (χ2n) is 5.27. The summed E-state index contributed by atoms with van der Waals surface area (Å²) in [6.07, 6.45) is 3.67. The first-order valence-corrected chi connectivity index (χ1v) is 7.54. The van der Waals surface area contributed by atoms with E-state index in [1.165, 1.54) is 12.8 Å². The van der Waals surface area contributed by atoms with Crippen LogP contribution in [0.15, 0.2) is 24.3 Å². The number of aryl methyl sites for hydroxylation is 1. The van der Waals surface area contributed by atoms with Gasteiger partial charge in [-0.15, -0.1) is 0 Å². The fourth-order valence-electron chi connectivity index (χ4n) is 2.41. The normalized spacial score (nSPS) is 15.1. The Hall–Kier alpha value is -1.59. The highest BCUT2D eigenvalue weighted by Gasteiger charge is 2.10. The molecule has 2 rings (SSSR count). The maximum Gasteiger partial charge on any atom is 0.243 e. The van der Waals surface area contributed by atoms with E-state index in [9.17, 15) is 4.79 Å². The minimum Gasteiger partial charge on any atom is -0.497 e. The largest absolute Gasteiger partial charge is 0.497 e. The summed E-state index contributed by atoms with van der Waals surface area (Å²) in [6, 6.07) is 7.75. The van der Waals surface area contributed by atoms with Crippen LogP contribution < -0.4 is 10.2 Å². The topological polar surface area (TPSA) is 50.8 Å². The van der Waals surface area contributed by atoms with Crippen LogP contribution in [0.3, 0.4) is 0 Å². The van der Waals surface area contributed by atoms with Crippen LogP contribution in [0.2, 0.25) is 0 Å². The molecule has 21 heavy (non-hydrogen) atoms. The van der Waals surface area contributed by atoms with Gasteiger partial charge in [0.25, 0.3) is 0 Å². The van der Waals surface area contributed by atoms with Crippen molar-refractivity contribution in [3.05, 3.63) is 29.8 Å². The summed E-state index contributed by atoms with van der Waals surface area (Å²) in [5.74, 6) is 0.751. The number of carbonyl (C=O) groups is 1. The number of ether oxygens (including phenoxy) is 1. The van der Waals surface area contributed by atoms with Gasteiger partial charge >= 0.3 is 0 Å². The molecule has 1 aromatic rings. The first kappa shape index (κ1) is 15.8. The van der Waals surface area contributed by atoms with E-state index in [0.29, 0.717) is 19.4 Å². The van der Waals surface area contributed by atoms with Gasteiger partial charge in [-0.3, -0.25) is 9.63 Å². The number of amides is 1. The van der Waals surface area contributed by atoms with Crippen LogP contribution >= 0.6 is 0 Å². The summed E-state index contributed by atoms with van der Waals surface area (Å²) < 4.78 is 5.10. The van der Waals surface area contributed by atoms with E-state index in [-0.39, 0.29) is 5.91 Å². The van der Waals surface area contributed by atoms with Gasteiger partial charge in [0.05, 0.1) is 13.7 Å². The summed E-state index contributed by atoms with van der Waals surface area (Å²) >= 11 is 0. The number of benzene rings is 1. The predicted octanol–water partition coefficient (Wildman–Crippen LogP) is 1.77. The minimum absolute atomic E-state index is 0.0766. The molecular formula is C16H24N2O3. The van der Waals surface area contributed by atoms with Crippen LogP contribution in [0.4, 0.5) is 0 Å². The second kappa shape index (κ2) is 8.64. The van der Waals surface area contributed by atoms with Gasteiger partial charge in [-0.2, -0.15) is 0 Å². The molecule has 0 radical (unpaired) electrons. The smallest absolute Gasteiger partial charge is 0.243 e. The lowest BCUT2D eigenvalue weighted by molar-refractivity contribution is -0.133. The molecule has 1 fully saturated rings. The Kier molecular flexibility index (Phi) is 6.50. The van der Waals surface area contributed by atoms with Crippen LogP contribution in [0, 0.1) is 0 Å². The average molecular weight is 292 g/mol. The molecule has 5 nitrogen and oxygen atoms in total. The molecule has 0 atom stereocenters. The van der Waals surface area contributed by atoms with Crippen molar-refractivity contribution in [3.63, 3.8) is 0 Å². The van der Waals surface area contributed by atoms with E-state index in [1.54, 1.807) is 7.11 Å². The summed E-state index contributed by atoms with van der Waals surface area (Å²) in [5, 5.41) is 0. The van der Waals surface area contributed by atoms with Gasteiger partial charge in [0.1, 0.15) is 5.75 Å². The standard InChI is InChI=1S/C16H24N2O3/c1-20-15-7-4-14(5-8-15)6-9-16(19)17-21-13-12-18-10-2-3-11-18/h4-5,7-8H,2-3,6,9-13H2,1H3,(H,17,19). The van der Waals surface area contributed by atoms with Crippen LogP contribution in [0.5, 0.6) is 5.75 Å². The van der Waals surface area contributed by atoms with Crippen LogP contribution in [0.25, 0.3) is 0 Å². The molecule has 0 unspecified atom stereocenters. The Morgan fingerprint density at radius 1 is 1.24 bits per heavy atom. The van der Waals surface area contributed by atoms with Gasteiger partial charge in [-0.1, -0.05) is 12.1 Å². The highest BCUT2D eigenvalue weighted by Crippen LogP contribution is 2.12. The molecule has 0 aliphatic carbocycles. The molecule has 1 amide bonds. The zero-order valence-electron chi connectivity index (χ0n) is 12.6. The number of nitrogens with one attached hydrogen (secondary N) is 1. The van der Waals surface area contributed by atoms with Gasteiger partial charge in [-0.25, -0.2) is 5.48 Å². The summed E-state index contributed by atoms with van der Waals surface area (Å²) in [7, 11) is 1.64. The third-order valence-electron chi connectivity index (χ3n) is 3.69. The Morgan fingerprint density at radius 3 is 2.62 bits per heavy atom. The van der Waals surface area contributed by atoms with Gasteiger partial charge in [0.15, 0.2) is 0 Å². The van der Waals surface area contributed by atoms with Crippen LogP contribution in [-0.2, 0) is 16.1 Å². The maximum absolute atomic E-state index is 11.7. The van der Waals surface area contributed by atoms with E-state index in [1.807, 2.05) is 24.3 Å². The fourth-order valence-corrected chi connectivity index (χ4v) is 2.41. The fraction of sp³-hybridized carbons (Fsp3) is 0.562. The molecule has 0 aromatic heterocycles. The van der Waals surface area contributed by atoms with Gasteiger partial charge in [0.2, 0.25) is 5.91 Å². The highest BCUT2D eigenvalue weighted by molar-refractivity contribution is 5.75. The van der Waals surface area contributed by atoms with E-state index < -0.39 is 0 Å². The third kappa shape index (κ3) is 5.73. The Labute approximate surface area is 126 Å². The first-order chi connectivity index (χ1) is 10.3. The van der Waals surface area contributed by atoms with Crippen molar-refractivity contribution < 1.29 is 14.4 Å². The highest BCUT2D eigenvalue weighted by atomic mass is 16.6. The SMILES string of the molecule is COc1ccc(CCC(=O)NOCCN2CCCC2)cc1. The molecule has 0 saturated carbocycles. The van der Waals surface area contributed by atoms with Crippen LogP contribution in [0.1, 0.15) is 24.8 Å². The van der Waals surface area contributed by atoms with Crippen LogP contribution in [-0.4, -0.2) is 44.2 Å². The molecule has 1 aromatic carbocycles. The van der Waals surface area contributed by atoms with Gasteiger partial charge in [0, 0.05) is 13.0 Å². The Morgan fingerprint density at radius 2 is 1.95 bits per heavy atom. The molecule has 116 valence electrons. The quantitative estimate of drug-likeness (QED) is 0.586. The predicted molar refractivity (Wildman–Crippen MR) is 81.1 cm³/mol. The number of methoxy groups -OCH3 is 1. The van der Waals surface area contributed by atoms with Crippen molar-refractivity contribution in [1.82, 2.24) is 10.4 Å². The Balaban J connectivity index is 1.56. The molecule has 5 heteroatoms. The molecule has 0 spiro atoms. The first-order valence-electron chi connectivity index (χ1n) is 7.54. The lowest BCUT2D eigenvalue weighted by Gasteiger charge is -2.14. The molecule has 1 aliphatic rings. The van der Waals surface area contributed by atoms with Crippen molar-refractivity contribution in [3.8, 4) is 5.75 Å². The summed E-state index contributed by atoms with van der Waals surface area (Å²) in [6.45, 7) is 3.73. The van der Waals surface area contributed by atoms with Gasteiger partial charge < -0.3 is 9.64 Å². The number of hydrogen-bond acceptors (Lipinski definition) is 4. The zero-order valence-corrected chi connectivity index (χ0v) is 12.6. The van der Waals surface area contributed by atoms with Crippen molar-refractivity contribution >= 4 is 5.91 Å². The third-order valence-corrected chi connectivity index (χ3v) is 3.69. The van der Waals surface area contributed by atoms with Crippen molar-refractivity contribution in [2.24, 2.45) is 0 Å². The van der Waals surface area contributed by atoms with Crippen molar-refractivity contribution in [2.75, 3.05) is 33.4 Å². The lowest BCUT2D eigenvalue weighted by Crippen LogP contribution is -2.30. The molecule has 0 bridgehead atoms. The Bertz CT molecular complexity index is 428. The van der Waals surface area contributed by atoms with Crippen molar-refractivity contribution in [1.29, 1.82) is 0 Å². The maximum atomic E-state index is 11.7. The number of likely N-dealkylation sites (tertiary alicyclic amines) is 1. The number of carbonyl (C=O) groups excluding carboxylic acids is 1. The monoisotopic (exact) mass is 292 g/mol. The van der Waals surface area contributed by atoms with E-state index in [0.717, 1.165) is 30.9 Å². The number of hydrogen-bond donors (Lipinski definition) is 1. The molecule has 1 aliphatic heterocycles. The number of rotatable bonds is 8. The van der Waals surface area contributed by atoms with E-state index in [4.69, 9.17) is 9.57 Å².